The summed E-state index contributed by atoms with van der Waals surface area (Å²) >= 11 is 3.39. The summed E-state index contributed by atoms with van der Waals surface area (Å²) in [4.78, 5) is 26.0. The van der Waals surface area contributed by atoms with Crippen LogP contribution in [0.2, 0.25) is 0 Å². The van der Waals surface area contributed by atoms with E-state index in [0.29, 0.717) is 11.3 Å². The van der Waals surface area contributed by atoms with E-state index in [1.54, 1.807) is 30.3 Å². The van der Waals surface area contributed by atoms with E-state index >= 15 is 0 Å². The number of halogens is 2. The Morgan fingerprint density at radius 2 is 1.84 bits per heavy atom. The Balaban J connectivity index is 1.58. The molecular formula is C19H16BrFN2O2. The van der Waals surface area contributed by atoms with E-state index in [4.69, 9.17) is 0 Å². The number of benzene rings is 2. The molecule has 1 fully saturated rings. The summed E-state index contributed by atoms with van der Waals surface area (Å²) in [6, 6.07) is 11.7. The number of nitrogens with zero attached hydrogens (tertiary/aromatic N) is 1. The Morgan fingerprint density at radius 1 is 1.12 bits per heavy atom. The number of fused-ring (bicyclic) bond motifs is 1. The first-order chi connectivity index (χ1) is 12.0. The number of hydrogen-bond acceptors (Lipinski definition) is 3. The van der Waals surface area contributed by atoms with Crippen LogP contribution in [0.15, 0.2) is 46.9 Å². The van der Waals surface area contributed by atoms with Crippen LogP contribution in [-0.4, -0.2) is 18.4 Å². The number of rotatable bonds is 4. The lowest BCUT2D eigenvalue weighted by molar-refractivity contribution is -0.114. The number of carbonyl (C=O) groups excluding carboxylic acids is 2. The molecule has 0 radical (unpaired) electrons. The summed E-state index contributed by atoms with van der Waals surface area (Å²) in [6.07, 6.45) is 2.90. The van der Waals surface area contributed by atoms with Crippen LogP contribution >= 0.6 is 15.9 Å². The predicted octanol–water partition coefficient (Wildman–Crippen LogP) is 3.74. The minimum atomic E-state index is -0.519. The van der Waals surface area contributed by atoms with E-state index in [1.807, 2.05) is 0 Å². The Hall–Kier alpha value is -2.05. The predicted molar refractivity (Wildman–Crippen MR) is 95.9 cm³/mol. The summed E-state index contributed by atoms with van der Waals surface area (Å²) in [5, 5.41) is 3.44. The SMILES string of the molecule is O=C1C(=O)N(CNC2(c3ccc(F)cc3)CCC2)c2cc(Br)ccc21. The van der Waals surface area contributed by atoms with Crippen molar-refractivity contribution in [3.05, 3.63) is 63.9 Å². The molecule has 2 aromatic rings. The van der Waals surface area contributed by atoms with Crippen LogP contribution < -0.4 is 10.2 Å². The van der Waals surface area contributed by atoms with Crippen molar-refractivity contribution in [3.8, 4) is 0 Å². The molecule has 4 rings (SSSR count). The van der Waals surface area contributed by atoms with Gasteiger partial charge in [0.05, 0.1) is 17.9 Å². The third kappa shape index (κ3) is 2.69. The Kier molecular flexibility index (Phi) is 3.96. The molecule has 1 amide bonds. The second-order valence-corrected chi connectivity index (χ2v) is 7.42. The van der Waals surface area contributed by atoms with Crippen molar-refractivity contribution in [1.82, 2.24) is 5.32 Å². The van der Waals surface area contributed by atoms with Crippen LogP contribution in [0.25, 0.3) is 0 Å². The molecule has 6 heteroatoms. The topological polar surface area (TPSA) is 49.4 Å². The van der Waals surface area contributed by atoms with Crippen LogP contribution in [-0.2, 0) is 10.3 Å². The van der Waals surface area contributed by atoms with E-state index in [1.165, 1.54) is 17.0 Å². The quantitative estimate of drug-likeness (QED) is 0.792. The van der Waals surface area contributed by atoms with Gasteiger partial charge >= 0.3 is 5.91 Å². The average molecular weight is 403 g/mol. The molecular weight excluding hydrogens is 387 g/mol. The highest BCUT2D eigenvalue weighted by Crippen LogP contribution is 2.41. The molecule has 0 bridgehead atoms. The Morgan fingerprint density at radius 3 is 2.48 bits per heavy atom. The lowest BCUT2D eigenvalue weighted by Crippen LogP contribution is -2.53. The third-order valence-electron chi connectivity index (χ3n) is 5.11. The first-order valence-corrected chi connectivity index (χ1v) is 8.96. The van der Waals surface area contributed by atoms with Gasteiger partial charge in [-0.05, 0) is 55.2 Å². The van der Waals surface area contributed by atoms with Crippen molar-refractivity contribution < 1.29 is 14.0 Å². The van der Waals surface area contributed by atoms with Gasteiger partial charge in [-0.15, -0.1) is 0 Å². The summed E-state index contributed by atoms with van der Waals surface area (Å²) in [5.41, 5.74) is 1.78. The van der Waals surface area contributed by atoms with E-state index in [0.717, 1.165) is 29.3 Å². The fourth-order valence-electron chi connectivity index (χ4n) is 3.52. The van der Waals surface area contributed by atoms with Gasteiger partial charge in [0.25, 0.3) is 5.78 Å². The number of nitrogens with one attached hydrogen (secondary N) is 1. The van der Waals surface area contributed by atoms with Crippen LogP contribution in [0, 0.1) is 5.82 Å². The molecule has 0 spiro atoms. The number of Topliss-reactive ketones (excluding diaryl/α,β-unsaturated/α-hetero) is 1. The zero-order chi connectivity index (χ0) is 17.6. The Bertz CT molecular complexity index is 862. The fourth-order valence-corrected chi connectivity index (χ4v) is 3.87. The number of hydrogen-bond donors (Lipinski definition) is 1. The third-order valence-corrected chi connectivity index (χ3v) is 5.61. The number of carbonyl (C=O) groups is 2. The van der Waals surface area contributed by atoms with Gasteiger partial charge in [-0.3, -0.25) is 19.8 Å². The highest BCUT2D eigenvalue weighted by molar-refractivity contribution is 9.10. The fraction of sp³-hybridized carbons (Fsp3) is 0.263. The Labute approximate surface area is 153 Å². The zero-order valence-electron chi connectivity index (χ0n) is 13.4. The molecule has 1 heterocycles. The zero-order valence-corrected chi connectivity index (χ0v) is 15.0. The standard InChI is InChI=1S/C19H16BrFN2O2/c20-13-4-7-15-16(10-13)23(18(25)17(15)24)11-22-19(8-1-9-19)12-2-5-14(21)6-3-12/h2-7,10,22H,1,8-9,11H2. The van der Waals surface area contributed by atoms with E-state index in [9.17, 15) is 14.0 Å². The molecule has 0 atom stereocenters. The van der Waals surface area contributed by atoms with Gasteiger partial charge in [-0.2, -0.15) is 0 Å². The van der Waals surface area contributed by atoms with E-state index in [2.05, 4.69) is 21.2 Å². The highest BCUT2D eigenvalue weighted by atomic mass is 79.9. The number of amides is 1. The van der Waals surface area contributed by atoms with E-state index < -0.39 is 11.7 Å². The average Bonchev–Trinajstić information content (AvgIpc) is 2.79. The largest absolute Gasteiger partial charge is 0.300 e. The normalized spacial score (nSPS) is 18.2. The number of anilines is 1. The van der Waals surface area contributed by atoms with E-state index in [-0.39, 0.29) is 18.0 Å². The van der Waals surface area contributed by atoms with Crippen molar-refractivity contribution in [3.63, 3.8) is 0 Å². The monoisotopic (exact) mass is 402 g/mol. The van der Waals surface area contributed by atoms with Crippen molar-refractivity contribution in [2.75, 3.05) is 11.6 Å². The molecule has 0 aromatic heterocycles. The minimum Gasteiger partial charge on any atom is -0.291 e. The molecule has 4 nitrogen and oxygen atoms in total. The van der Waals surface area contributed by atoms with Crippen LogP contribution in [0.4, 0.5) is 10.1 Å². The first-order valence-electron chi connectivity index (χ1n) is 8.17. The van der Waals surface area contributed by atoms with Crippen molar-refractivity contribution in [1.29, 1.82) is 0 Å². The van der Waals surface area contributed by atoms with Crippen molar-refractivity contribution in [2.24, 2.45) is 0 Å². The van der Waals surface area contributed by atoms with Crippen LogP contribution in [0.1, 0.15) is 35.2 Å². The van der Waals surface area contributed by atoms with Crippen molar-refractivity contribution >= 4 is 33.3 Å². The van der Waals surface area contributed by atoms with Gasteiger partial charge in [-0.1, -0.05) is 28.1 Å². The van der Waals surface area contributed by atoms with Gasteiger partial charge < -0.3 is 0 Å². The first kappa shape index (κ1) is 16.4. The summed E-state index contributed by atoms with van der Waals surface area (Å²) in [7, 11) is 0. The maximum Gasteiger partial charge on any atom is 0.300 e. The molecule has 128 valence electrons. The summed E-state index contributed by atoms with van der Waals surface area (Å²) in [6.45, 7) is 0.241. The van der Waals surface area contributed by atoms with Gasteiger partial charge in [0.1, 0.15) is 5.82 Å². The lowest BCUT2D eigenvalue weighted by atomic mass is 9.72. The smallest absolute Gasteiger partial charge is 0.291 e. The second kappa shape index (κ2) is 6.04. The van der Waals surface area contributed by atoms with Crippen LogP contribution in [0.3, 0.4) is 0 Å². The maximum atomic E-state index is 13.2. The molecule has 0 saturated heterocycles. The summed E-state index contributed by atoms with van der Waals surface area (Å²) < 4.78 is 14.0. The number of ketones is 1. The molecule has 25 heavy (non-hydrogen) atoms. The van der Waals surface area contributed by atoms with Gasteiger partial charge in [0.2, 0.25) is 0 Å². The van der Waals surface area contributed by atoms with Crippen LogP contribution in [0.5, 0.6) is 0 Å². The molecule has 1 N–H and O–H groups in total. The maximum absolute atomic E-state index is 13.2. The van der Waals surface area contributed by atoms with Crippen molar-refractivity contribution in [2.45, 2.75) is 24.8 Å². The molecule has 2 aliphatic rings. The molecule has 0 unspecified atom stereocenters. The second-order valence-electron chi connectivity index (χ2n) is 6.50. The summed E-state index contributed by atoms with van der Waals surface area (Å²) in [5.74, 6) is -1.26. The molecule has 2 aromatic carbocycles. The molecule has 1 aliphatic carbocycles. The lowest BCUT2D eigenvalue weighted by Gasteiger charge is -2.44. The van der Waals surface area contributed by atoms with Gasteiger partial charge in [0.15, 0.2) is 0 Å². The van der Waals surface area contributed by atoms with Gasteiger partial charge in [-0.25, -0.2) is 4.39 Å². The minimum absolute atomic E-state index is 0.241. The molecule has 1 aliphatic heterocycles. The highest BCUT2D eigenvalue weighted by Gasteiger charge is 2.41. The van der Waals surface area contributed by atoms with Gasteiger partial charge in [0, 0.05) is 10.0 Å². The molecule has 1 saturated carbocycles.